The summed E-state index contributed by atoms with van der Waals surface area (Å²) in [5.74, 6) is 2.35. The molecule has 4 aromatic rings. The van der Waals surface area contributed by atoms with Gasteiger partial charge in [0.1, 0.15) is 11.6 Å². The number of aromatic nitrogens is 4. The van der Waals surface area contributed by atoms with Crippen LogP contribution in [0.25, 0.3) is 5.82 Å². The molecule has 1 aromatic carbocycles. The van der Waals surface area contributed by atoms with Crippen molar-refractivity contribution in [1.82, 2.24) is 19.7 Å². The first-order valence-corrected chi connectivity index (χ1v) is 9.09. The molecule has 0 aliphatic carbocycles. The zero-order chi connectivity index (χ0) is 18.6. The molecule has 0 bridgehead atoms. The number of carbonyl (C=O) groups is 1. The zero-order valence-corrected chi connectivity index (χ0v) is 15.2. The number of thiophene rings is 1. The minimum atomic E-state index is -0.138. The van der Waals surface area contributed by atoms with E-state index < -0.39 is 0 Å². The van der Waals surface area contributed by atoms with E-state index in [1.54, 1.807) is 48.0 Å². The standard InChI is InChI=1S/C19H15N5O2S/c1-13-20-9-10-24(13)17-6-7-18(23-22-17)26-16-4-2-15(3-5-16)21-19(25)14-8-11-27-12-14/h2-12H,1H3,(H,21,25). The molecule has 1 amide bonds. The number of ether oxygens (including phenoxy) is 1. The van der Waals surface area contributed by atoms with Crippen molar-refractivity contribution in [3.63, 3.8) is 0 Å². The number of aryl methyl sites for hydroxylation is 1. The molecule has 0 atom stereocenters. The van der Waals surface area contributed by atoms with Gasteiger partial charge in [0.05, 0.1) is 5.56 Å². The van der Waals surface area contributed by atoms with Gasteiger partial charge >= 0.3 is 0 Å². The average molecular weight is 377 g/mol. The number of carbonyl (C=O) groups excluding carboxylic acids is 1. The number of hydrogen-bond acceptors (Lipinski definition) is 6. The highest BCUT2D eigenvalue weighted by molar-refractivity contribution is 7.08. The molecule has 0 fully saturated rings. The topological polar surface area (TPSA) is 81.9 Å². The number of rotatable bonds is 5. The van der Waals surface area contributed by atoms with Crippen LogP contribution in [0, 0.1) is 6.92 Å². The smallest absolute Gasteiger partial charge is 0.256 e. The average Bonchev–Trinajstić information content (AvgIpc) is 3.36. The van der Waals surface area contributed by atoms with E-state index in [9.17, 15) is 4.79 Å². The summed E-state index contributed by atoms with van der Waals surface area (Å²) < 4.78 is 7.54. The lowest BCUT2D eigenvalue weighted by Gasteiger charge is -2.08. The molecule has 1 N–H and O–H groups in total. The fourth-order valence-electron chi connectivity index (χ4n) is 2.44. The Hall–Kier alpha value is -3.52. The van der Waals surface area contributed by atoms with Crippen molar-refractivity contribution in [1.29, 1.82) is 0 Å². The van der Waals surface area contributed by atoms with Crippen LogP contribution in [0.1, 0.15) is 16.2 Å². The monoisotopic (exact) mass is 377 g/mol. The molecule has 8 heteroatoms. The number of nitrogens with zero attached hydrogens (tertiary/aromatic N) is 4. The first kappa shape index (κ1) is 16.9. The highest BCUT2D eigenvalue weighted by Gasteiger charge is 2.07. The molecular weight excluding hydrogens is 362 g/mol. The predicted molar refractivity (Wildman–Crippen MR) is 103 cm³/mol. The largest absolute Gasteiger partial charge is 0.438 e. The van der Waals surface area contributed by atoms with Gasteiger partial charge in [-0.3, -0.25) is 9.36 Å². The summed E-state index contributed by atoms with van der Waals surface area (Å²) in [7, 11) is 0. The molecule has 27 heavy (non-hydrogen) atoms. The predicted octanol–water partition coefficient (Wildman–Crippen LogP) is 4.08. The second-order valence-corrected chi connectivity index (χ2v) is 6.45. The summed E-state index contributed by atoms with van der Waals surface area (Å²) in [6.45, 7) is 1.89. The maximum atomic E-state index is 12.0. The van der Waals surface area contributed by atoms with Gasteiger partial charge in [0.25, 0.3) is 5.91 Å². The van der Waals surface area contributed by atoms with Crippen molar-refractivity contribution in [2.24, 2.45) is 0 Å². The minimum Gasteiger partial charge on any atom is -0.438 e. The van der Waals surface area contributed by atoms with Crippen molar-refractivity contribution < 1.29 is 9.53 Å². The van der Waals surface area contributed by atoms with E-state index in [0.29, 0.717) is 28.7 Å². The highest BCUT2D eigenvalue weighted by Crippen LogP contribution is 2.22. The van der Waals surface area contributed by atoms with Crippen LogP contribution in [0.4, 0.5) is 5.69 Å². The molecule has 0 unspecified atom stereocenters. The number of imidazole rings is 1. The number of nitrogens with one attached hydrogen (secondary N) is 1. The molecule has 0 spiro atoms. The van der Waals surface area contributed by atoms with Gasteiger partial charge in [0, 0.05) is 29.5 Å². The second-order valence-electron chi connectivity index (χ2n) is 5.67. The van der Waals surface area contributed by atoms with Crippen molar-refractivity contribution in [2.75, 3.05) is 5.32 Å². The Morgan fingerprint density at radius 1 is 1.11 bits per heavy atom. The molecule has 0 saturated carbocycles. The lowest BCUT2D eigenvalue weighted by atomic mass is 10.2. The molecule has 0 radical (unpaired) electrons. The third kappa shape index (κ3) is 3.85. The molecular formula is C19H15N5O2S. The van der Waals surface area contributed by atoms with Crippen LogP contribution < -0.4 is 10.1 Å². The Balaban J connectivity index is 1.41. The number of benzene rings is 1. The third-order valence-electron chi connectivity index (χ3n) is 3.82. The first-order valence-electron chi connectivity index (χ1n) is 8.14. The fourth-order valence-corrected chi connectivity index (χ4v) is 3.08. The lowest BCUT2D eigenvalue weighted by Crippen LogP contribution is -2.10. The molecule has 0 saturated heterocycles. The third-order valence-corrected chi connectivity index (χ3v) is 4.50. The van der Waals surface area contributed by atoms with E-state index in [4.69, 9.17) is 4.74 Å². The Bertz CT molecular complexity index is 1040. The van der Waals surface area contributed by atoms with Gasteiger partial charge in [-0.1, -0.05) is 0 Å². The van der Waals surface area contributed by atoms with Crippen LogP contribution in [0.15, 0.2) is 65.6 Å². The summed E-state index contributed by atoms with van der Waals surface area (Å²) in [4.78, 5) is 16.2. The van der Waals surface area contributed by atoms with E-state index >= 15 is 0 Å². The number of anilines is 1. The number of hydrogen-bond donors (Lipinski definition) is 1. The quantitative estimate of drug-likeness (QED) is 0.567. The van der Waals surface area contributed by atoms with Crippen molar-refractivity contribution in [3.8, 4) is 17.4 Å². The van der Waals surface area contributed by atoms with Crippen LogP contribution in [0.3, 0.4) is 0 Å². The maximum Gasteiger partial charge on any atom is 0.256 e. The summed E-state index contributed by atoms with van der Waals surface area (Å²) >= 11 is 1.48. The van der Waals surface area contributed by atoms with Crippen molar-refractivity contribution >= 4 is 22.9 Å². The summed E-state index contributed by atoms with van der Waals surface area (Å²) in [5, 5.41) is 14.8. The van der Waals surface area contributed by atoms with Gasteiger partial charge in [-0.15, -0.1) is 10.2 Å². The maximum absolute atomic E-state index is 12.0. The zero-order valence-electron chi connectivity index (χ0n) is 14.4. The van der Waals surface area contributed by atoms with Crippen molar-refractivity contribution in [3.05, 3.63) is 77.0 Å². The van der Waals surface area contributed by atoms with E-state index in [2.05, 4.69) is 20.5 Å². The fraction of sp³-hybridized carbons (Fsp3) is 0.0526. The Morgan fingerprint density at radius 2 is 1.96 bits per heavy atom. The van der Waals surface area contributed by atoms with Crippen LogP contribution in [-0.4, -0.2) is 25.7 Å². The molecule has 3 aromatic heterocycles. The second kappa shape index (κ2) is 7.38. The summed E-state index contributed by atoms with van der Waals surface area (Å²) in [6, 6.07) is 12.4. The van der Waals surface area contributed by atoms with Crippen LogP contribution in [-0.2, 0) is 0 Å². The van der Waals surface area contributed by atoms with Gasteiger partial charge < -0.3 is 10.1 Å². The Labute approximate surface area is 159 Å². The van der Waals surface area contributed by atoms with Gasteiger partial charge in [0.15, 0.2) is 5.82 Å². The molecule has 3 heterocycles. The first-order chi connectivity index (χ1) is 13.2. The molecule has 0 aliphatic heterocycles. The lowest BCUT2D eigenvalue weighted by molar-refractivity contribution is 0.102. The normalized spacial score (nSPS) is 10.6. The van der Waals surface area contributed by atoms with Gasteiger partial charge in [-0.25, -0.2) is 4.98 Å². The molecule has 0 aliphatic rings. The highest BCUT2D eigenvalue weighted by atomic mass is 32.1. The van der Waals surface area contributed by atoms with Gasteiger partial charge in [-0.2, -0.15) is 11.3 Å². The van der Waals surface area contributed by atoms with E-state index in [1.807, 2.05) is 29.1 Å². The van der Waals surface area contributed by atoms with Gasteiger partial charge in [-0.05, 0) is 48.7 Å². The van der Waals surface area contributed by atoms with E-state index in [-0.39, 0.29) is 5.91 Å². The van der Waals surface area contributed by atoms with Crippen LogP contribution >= 0.6 is 11.3 Å². The van der Waals surface area contributed by atoms with Crippen LogP contribution in [0.5, 0.6) is 11.6 Å². The molecule has 7 nitrogen and oxygen atoms in total. The van der Waals surface area contributed by atoms with E-state index in [0.717, 1.165) is 5.82 Å². The SMILES string of the molecule is Cc1nccn1-c1ccc(Oc2ccc(NC(=O)c3ccsc3)cc2)nn1. The van der Waals surface area contributed by atoms with Crippen LogP contribution in [0.2, 0.25) is 0 Å². The van der Waals surface area contributed by atoms with E-state index in [1.165, 1.54) is 11.3 Å². The minimum absolute atomic E-state index is 0.138. The Kier molecular flexibility index (Phi) is 4.63. The summed E-state index contributed by atoms with van der Waals surface area (Å²) in [6.07, 6.45) is 3.53. The summed E-state index contributed by atoms with van der Waals surface area (Å²) in [5.41, 5.74) is 1.33. The van der Waals surface area contributed by atoms with Crippen molar-refractivity contribution in [2.45, 2.75) is 6.92 Å². The van der Waals surface area contributed by atoms with Gasteiger partial charge in [0.2, 0.25) is 5.88 Å². The molecule has 134 valence electrons. The molecule has 4 rings (SSSR count). The number of amides is 1. The Morgan fingerprint density at radius 3 is 2.59 bits per heavy atom.